The molecule has 2 fully saturated rings. The van der Waals surface area contributed by atoms with Crippen molar-refractivity contribution in [3.05, 3.63) is 87.5 Å². The second-order valence-electron chi connectivity index (χ2n) is 15.3. The van der Waals surface area contributed by atoms with Crippen molar-refractivity contribution in [3.63, 3.8) is 0 Å². The molecule has 6 heterocycles. The highest BCUT2D eigenvalue weighted by Crippen LogP contribution is 2.30. The van der Waals surface area contributed by atoms with Crippen LogP contribution in [-0.4, -0.2) is 138 Å². The minimum absolute atomic E-state index is 0.0490. The smallest absolute Gasteiger partial charge is 0.323 e. The summed E-state index contributed by atoms with van der Waals surface area (Å²) >= 11 is 0. The Morgan fingerprint density at radius 1 is 0.698 bits per heavy atom. The first-order valence-corrected chi connectivity index (χ1v) is 20.8. The molecule has 5 aromatic rings. The van der Waals surface area contributed by atoms with Crippen LogP contribution in [0.1, 0.15) is 31.4 Å². The van der Waals surface area contributed by atoms with Crippen LogP contribution in [0.5, 0.6) is 23.0 Å². The molecular formula is C44H52N8O11. The summed E-state index contributed by atoms with van der Waals surface area (Å²) in [6.45, 7) is 4.51. The maximum atomic E-state index is 12.7. The average Bonchev–Trinajstić information content (AvgIpc) is 3.32. The van der Waals surface area contributed by atoms with E-state index < -0.39 is 18.1 Å². The Bertz CT molecular complexity index is 2560. The number of ether oxygens (including phenoxy) is 6. The molecule has 19 heteroatoms. The molecule has 3 aliphatic rings. The van der Waals surface area contributed by atoms with Crippen molar-refractivity contribution in [3.8, 4) is 23.0 Å². The zero-order valence-electron chi connectivity index (χ0n) is 35.8. The van der Waals surface area contributed by atoms with Crippen molar-refractivity contribution in [1.82, 2.24) is 39.2 Å². The van der Waals surface area contributed by atoms with Gasteiger partial charge in [-0.05, 0) is 37.1 Å². The maximum absolute atomic E-state index is 12.7. The van der Waals surface area contributed by atoms with Crippen LogP contribution in [-0.2, 0) is 43.5 Å². The summed E-state index contributed by atoms with van der Waals surface area (Å²) in [5.74, 6) is 2.00. The van der Waals surface area contributed by atoms with Gasteiger partial charge < -0.3 is 42.9 Å². The number of benzene rings is 2. The van der Waals surface area contributed by atoms with Crippen molar-refractivity contribution >= 4 is 39.8 Å². The summed E-state index contributed by atoms with van der Waals surface area (Å²) < 4.78 is 35.0. The van der Waals surface area contributed by atoms with Gasteiger partial charge in [-0.25, -0.2) is 9.97 Å². The second-order valence-corrected chi connectivity index (χ2v) is 15.3. The first-order chi connectivity index (χ1) is 30.6. The van der Waals surface area contributed by atoms with Crippen molar-refractivity contribution in [2.75, 3.05) is 67.8 Å². The molecule has 2 aromatic carbocycles. The van der Waals surface area contributed by atoms with Gasteiger partial charge >= 0.3 is 11.9 Å². The molecule has 1 N–H and O–H groups in total. The summed E-state index contributed by atoms with van der Waals surface area (Å²) in [5, 5.41) is 3.52. The minimum atomic E-state index is -0.598. The van der Waals surface area contributed by atoms with Crippen molar-refractivity contribution in [1.29, 1.82) is 0 Å². The quantitative estimate of drug-likeness (QED) is 0.168. The van der Waals surface area contributed by atoms with E-state index in [1.54, 1.807) is 47.7 Å². The van der Waals surface area contributed by atoms with Gasteiger partial charge in [-0.2, -0.15) is 0 Å². The molecule has 0 radical (unpaired) electrons. The standard InChI is InChI=1S/C26H31N5O6.C18H21N3O5/c1-34-19-3-4-20-21(13-19)31(25(32)16-29-20)8-7-30-6-5-17(11-22(30)26(33)35-2)27-14-18-12-23-24(15-28-18)37-10-9-36-23;1-25-13-3-4-14-15(10-13)21(17(23)11-19-14)8-7-20-6-5-12(22)9-16(20)18(24)26-2/h3-4,12-13,15-17,22,27H,5-11,14H2,1-2H3;3-4,10-11,16H,5-9H2,1-2H3. The molecule has 0 bridgehead atoms. The van der Waals surface area contributed by atoms with Gasteiger partial charge in [0.15, 0.2) is 11.5 Å². The van der Waals surface area contributed by atoms with E-state index in [-0.39, 0.29) is 35.3 Å². The van der Waals surface area contributed by atoms with Gasteiger partial charge in [0.25, 0.3) is 11.1 Å². The number of piperidine rings is 2. The molecule has 3 aliphatic heterocycles. The number of nitrogens with zero attached hydrogens (tertiary/aromatic N) is 7. The lowest BCUT2D eigenvalue weighted by atomic mass is 9.96. The predicted molar refractivity (Wildman–Crippen MR) is 229 cm³/mol. The lowest BCUT2D eigenvalue weighted by molar-refractivity contribution is -0.151. The van der Waals surface area contributed by atoms with E-state index in [1.807, 2.05) is 29.2 Å². The first-order valence-electron chi connectivity index (χ1n) is 20.8. The molecule has 8 rings (SSSR count). The van der Waals surface area contributed by atoms with Gasteiger partial charge in [0.2, 0.25) is 0 Å². The number of pyridine rings is 1. The summed E-state index contributed by atoms with van der Waals surface area (Å²) in [5.41, 5.74) is 3.18. The van der Waals surface area contributed by atoms with Crippen LogP contribution >= 0.6 is 0 Å². The van der Waals surface area contributed by atoms with Gasteiger partial charge in [0.05, 0.1) is 74.8 Å². The third-order valence-corrected chi connectivity index (χ3v) is 11.6. The number of hydrogen-bond acceptors (Lipinski definition) is 17. The number of hydrogen-bond donors (Lipinski definition) is 1. The first kappa shape index (κ1) is 44.6. The Labute approximate surface area is 362 Å². The van der Waals surface area contributed by atoms with Gasteiger partial charge in [0, 0.05) is 82.9 Å². The number of methoxy groups -OCH3 is 4. The number of nitrogens with one attached hydrogen (secondary N) is 1. The number of carbonyl (C=O) groups excluding carboxylic acids is 3. The molecule has 3 aromatic heterocycles. The normalized spacial score (nSPS) is 18.9. The van der Waals surface area contributed by atoms with E-state index in [9.17, 15) is 24.0 Å². The Morgan fingerprint density at radius 2 is 1.27 bits per heavy atom. The summed E-state index contributed by atoms with van der Waals surface area (Å²) in [6, 6.07) is 11.8. The number of aromatic nitrogens is 5. The average molecular weight is 869 g/mol. The van der Waals surface area contributed by atoms with Gasteiger partial charge in [0.1, 0.15) is 42.6 Å². The van der Waals surface area contributed by atoms with Crippen molar-refractivity contribution < 1.29 is 42.8 Å². The summed E-state index contributed by atoms with van der Waals surface area (Å²) in [7, 11) is 5.87. The van der Waals surface area contributed by atoms with Crippen molar-refractivity contribution in [2.45, 2.75) is 63.4 Å². The number of esters is 2. The Kier molecular flexibility index (Phi) is 14.6. The van der Waals surface area contributed by atoms with E-state index in [2.05, 4.69) is 25.2 Å². The molecule has 3 unspecified atom stereocenters. The number of fused-ring (bicyclic) bond motifs is 3. The predicted octanol–water partition coefficient (Wildman–Crippen LogP) is 1.98. The van der Waals surface area contributed by atoms with E-state index >= 15 is 0 Å². The summed E-state index contributed by atoms with van der Waals surface area (Å²) in [6.07, 6.45) is 6.28. The summed E-state index contributed by atoms with van der Waals surface area (Å²) in [4.78, 5) is 78.2. The highest BCUT2D eigenvalue weighted by atomic mass is 16.6. The number of carbonyl (C=O) groups is 3. The molecule has 0 spiro atoms. The Morgan fingerprint density at radius 3 is 1.86 bits per heavy atom. The minimum Gasteiger partial charge on any atom is -0.497 e. The van der Waals surface area contributed by atoms with Crippen LogP contribution in [0.15, 0.2) is 70.6 Å². The number of likely N-dealkylation sites (tertiary alicyclic amines) is 2. The third kappa shape index (κ3) is 10.6. The van der Waals surface area contributed by atoms with Crippen molar-refractivity contribution in [2.24, 2.45) is 0 Å². The Hall–Kier alpha value is -6.44. The van der Waals surface area contributed by atoms with E-state index in [0.29, 0.717) is 117 Å². The van der Waals surface area contributed by atoms with Crippen LogP contribution in [0.2, 0.25) is 0 Å². The zero-order chi connectivity index (χ0) is 44.5. The lowest BCUT2D eigenvalue weighted by Crippen LogP contribution is -2.53. The van der Waals surface area contributed by atoms with Crippen LogP contribution in [0.3, 0.4) is 0 Å². The SMILES string of the molecule is COC(=O)C1CC(=O)CCN1CCn1c(=O)cnc2ccc(OC)cc21.COC(=O)C1CC(NCc2cc3c(cn2)OCCO3)CCN1CCn1c(=O)cnc2ccc(OC)cc21. The van der Waals surface area contributed by atoms with Crippen LogP contribution < -0.4 is 35.4 Å². The van der Waals surface area contributed by atoms with E-state index in [4.69, 9.17) is 28.4 Å². The molecule has 3 atom stereocenters. The van der Waals surface area contributed by atoms with Gasteiger partial charge in [-0.3, -0.25) is 38.8 Å². The maximum Gasteiger partial charge on any atom is 0.323 e. The Balaban J connectivity index is 0.000000201. The molecule has 19 nitrogen and oxygen atoms in total. The van der Waals surface area contributed by atoms with Crippen LogP contribution in [0.25, 0.3) is 22.1 Å². The van der Waals surface area contributed by atoms with E-state index in [0.717, 1.165) is 12.1 Å². The highest BCUT2D eigenvalue weighted by Gasteiger charge is 2.35. The van der Waals surface area contributed by atoms with E-state index in [1.165, 1.54) is 26.6 Å². The molecule has 334 valence electrons. The molecule has 2 saturated heterocycles. The topological polar surface area (TPSA) is 208 Å². The molecule has 63 heavy (non-hydrogen) atoms. The fraction of sp³-hybridized carbons (Fsp3) is 0.455. The van der Waals surface area contributed by atoms with Crippen LogP contribution in [0, 0.1) is 0 Å². The largest absolute Gasteiger partial charge is 0.497 e. The second kappa shape index (κ2) is 20.6. The molecule has 0 saturated carbocycles. The molecular weight excluding hydrogens is 817 g/mol. The monoisotopic (exact) mass is 868 g/mol. The fourth-order valence-electron chi connectivity index (χ4n) is 8.15. The van der Waals surface area contributed by atoms with Crippen LogP contribution in [0.4, 0.5) is 0 Å². The third-order valence-electron chi connectivity index (χ3n) is 11.6. The van der Waals surface area contributed by atoms with Gasteiger partial charge in [-0.15, -0.1) is 0 Å². The zero-order valence-corrected chi connectivity index (χ0v) is 35.8. The molecule has 0 amide bonds. The number of Topliss-reactive ketones (excluding diaryl/α,β-unsaturated/α-hetero) is 1. The van der Waals surface area contributed by atoms with Gasteiger partial charge in [-0.1, -0.05) is 0 Å². The molecule has 0 aliphatic carbocycles. The highest BCUT2D eigenvalue weighted by molar-refractivity contribution is 5.88. The number of ketones is 1. The fourth-order valence-corrected chi connectivity index (χ4v) is 8.15. The number of rotatable bonds is 13. The lowest BCUT2D eigenvalue weighted by Gasteiger charge is -2.38.